The van der Waals surface area contributed by atoms with E-state index in [1.807, 2.05) is 74.5 Å². The maximum atomic E-state index is 12.5. The smallest absolute Gasteiger partial charge is 0.408 e. The summed E-state index contributed by atoms with van der Waals surface area (Å²) >= 11 is 0. The van der Waals surface area contributed by atoms with Gasteiger partial charge < -0.3 is 20.1 Å². The zero-order valence-corrected chi connectivity index (χ0v) is 18.0. The molecular weight excluding hydrogens is 396 g/mol. The van der Waals surface area contributed by atoms with Gasteiger partial charge in [0.05, 0.1) is 0 Å². The number of amides is 2. The van der Waals surface area contributed by atoms with Crippen LogP contribution in [0.15, 0.2) is 60.7 Å². The van der Waals surface area contributed by atoms with E-state index in [9.17, 15) is 14.4 Å². The molecule has 2 rings (SSSR count). The average molecular weight is 427 g/mol. The third kappa shape index (κ3) is 8.90. The molecule has 0 radical (unpaired) electrons. The van der Waals surface area contributed by atoms with Crippen LogP contribution >= 0.6 is 0 Å². The highest BCUT2D eigenvalue weighted by atomic mass is 16.6. The summed E-state index contributed by atoms with van der Waals surface area (Å²) in [5.41, 5.74) is 1.95. The Hall–Kier alpha value is -3.35. The third-order valence-electron chi connectivity index (χ3n) is 4.88. The van der Waals surface area contributed by atoms with Crippen LogP contribution < -0.4 is 10.6 Å². The van der Waals surface area contributed by atoms with Crippen molar-refractivity contribution >= 4 is 18.0 Å². The summed E-state index contributed by atoms with van der Waals surface area (Å²) in [7, 11) is 0. The maximum Gasteiger partial charge on any atom is 0.408 e. The number of rotatable bonds is 11. The van der Waals surface area contributed by atoms with Gasteiger partial charge in [-0.15, -0.1) is 0 Å². The van der Waals surface area contributed by atoms with Gasteiger partial charge in [0.15, 0.2) is 6.61 Å². The van der Waals surface area contributed by atoms with E-state index in [1.54, 1.807) is 0 Å². The molecule has 2 atom stereocenters. The SMILES string of the molecule is CC[C@H](C)[C@@H](NC(=O)OCc1ccccc1)C(=O)OCC(=O)NCCc1ccccc1. The highest BCUT2D eigenvalue weighted by molar-refractivity contribution is 5.84. The molecule has 0 aliphatic carbocycles. The molecule has 31 heavy (non-hydrogen) atoms. The van der Waals surface area contributed by atoms with E-state index >= 15 is 0 Å². The first kappa shape index (κ1) is 23.9. The van der Waals surface area contributed by atoms with Gasteiger partial charge in [-0.3, -0.25) is 4.79 Å². The molecule has 0 aromatic heterocycles. The Labute approximate surface area is 183 Å². The van der Waals surface area contributed by atoms with Gasteiger partial charge in [0, 0.05) is 6.54 Å². The molecule has 0 aliphatic rings. The molecule has 2 amide bonds. The fourth-order valence-electron chi connectivity index (χ4n) is 2.83. The minimum Gasteiger partial charge on any atom is -0.454 e. The first-order chi connectivity index (χ1) is 15.0. The molecule has 0 saturated carbocycles. The zero-order chi connectivity index (χ0) is 22.5. The Kier molecular flexibility index (Phi) is 10.1. The minimum atomic E-state index is -0.898. The van der Waals surface area contributed by atoms with Gasteiger partial charge in [-0.1, -0.05) is 80.9 Å². The Morgan fingerprint density at radius 3 is 2.13 bits per heavy atom. The van der Waals surface area contributed by atoms with Crippen LogP contribution in [0.5, 0.6) is 0 Å². The number of esters is 1. The lowest BCUT2D eigenvalue weighted by atomic mass is 9.99. The van der Waals surface area contributed by atoms with Gasteiger partial charge in [-0.05, 0) is 23.5 Å². The first-order valence-electron chi connectivity index (χ1n) is 10.4. The molecule has 0 spiro atoms. The van der Waals surface area contributed by atoms with Crippen LogP contribution in [0.2, 0.25) is 0 Å². The summed E-state index contributed by atoms with van der Waals surface area (Å²) in [6, 6.07) is 18.1. The first-order valence-corrected chi connectivity index (χ1v) is 10.4. The summed E-state index contributed by atoms with van der Waals surface area (Å²) in [6.45, 7) is 3.86. The molecule has 0 heterocycles. The Morgan fingerprint density at radius 1 is 0.903 bits per heavy atom. The summed E-state index contributed by atoms with van der Waals surface area (Å²) in [4.78, 5) is 36.6. The van der Waals surface area contributed by atoms with Gasteiger partial charge in [-0.25, -0.2) is 9.59 Å². The van der Waals surface area contributed by atoms with Crippen LogP contribution in [0.1, 0.15) is 31.4 Å². The van der Waals surface area contributed by atoms with E-state index in [0.29, 0.717) is 19.4 Å². The van der Waals surface area contributed by atoms with Crippen LogP contribution in [-0.4, -0.2) is 37.2 Å². The number of ether oxygens (including phenoxy) is 2. The largest absolute Gasteiger partial charge is 0.454 e. The lowest BCUT2D eigenvalue weighted by Gasteiger charge is -2.22. The van der Waals surface area contributed by atoms with Crippen molar-refractivity contribution in [3.63, 3.8) is 0 Å². The van der Waals surface area contributed by atoms with E-state index in [-0.39, 0.29) is 18.4 Å². The van der Waals surface area contributed by atoms with Crippen molar-refractivity contribution in [2.75, 3.05) is 13.2 Å². The van der Waals surface area contributed by atoms with Crippen molar-refractivity contribution in [3.05, 3.63) is 71.8 Å². The van der Waals surface area contributed by atoms with Crippen LogP contribution in [0.3, 0.4) is 0 Å². The second kappa shape index (κ2) is 13.1. The number of carbonyl (C=O) groups is 3. The van der Waals surface area contributed by atoms with Crippen LogP contribution in [-0.2, 0) is 32.1 Å². The number of benzene rings is 2. The number of hydrogen-bond acceptors (Lipinski definition) is 5. The fraction of sp³-hybridized carbons (Fsp3) is 0.375. The minimum absolute atomic E-state index is 0.0960. The molecule has 0 aliphatic heterocycles. The summed E-state index contributed by atoms with van der Waals surface area (Å²) in [6.07, 6.45) is 0.616. The summed E-state index contributed by atoms with van der Waals surface area (Å²) in [5, 5.41) is 5.28. The summed E-state index contributed by atoms with van der Waals surface area (Å²) in [5.74, 6) is -1.24. The lowest BCUT2D eigenvalue weighted by Crippen LogP contribution is -2.47. The molecule has 7 heteroatoms. The molecule has 0 saturated heterocycles. The standard InChI is InChI=1S/C24H30N2O5/c1-3-18(2)22(26-24(29)31-16-20-12-8-5-9-13-20)23(28)30-17-21(27)25-15-14-19-10-6-4-7-11-19/h4-13,18,22H,3,14-17H2,1-2H3,(H,25,27)(H,26,29)/t18-,22+/m0/s1. The quantitative estimate of drug-likeness (QED) is 0.538. The van der Waals surface area contributed by atoms with Crippen molar-refractivity contribution < 1.29 is 23.9 Å². The normalized spacial score (nSPS) is 12.3. The average Bonchev–Trinajstić information content (AvgIpc) is 2.80. The Morgan fingerprint density at radius 2 is 1.52 bits per heavy atom. The van der Waals surface area contributed by atoms with Crippen LogP contribution in [0.4, 0.5) is 4.79 Å². The maximum absolute atomic E-state index is 12.5. The van der Waals surface area contributed by atoms with Crippen molar-refractivity contribution in [2.45, 2.75) is 39.3 Å². The number of hydrogen-bond donors (Lipinski definition) is 2. The second-order valence-electron chi connectivity index (χ2n) is 7.26. The highest BCUT2D eigenvalue weighted by Crippen LogP contribution is 2.10. The predicted molar refractivity (Wildman–Crippen MR) is 117 cm³/mol. The monoisotopic (exact) mass is 426 g/mol. The highest BCUT2D eigenvalue weighted by Gasteiger charge is 2.28. The number of carbonyl (C=O) groups excluding carboxylic acids is 3. The van der Waals surface area contributed by atoms with Gasteiger partial charge in [-0.2, -0.15) is 0 Å². The second-order valence-corrected chi connectivity index (χ2v) is 7.26. The fourth-order valence-corrected chi connectivity index (χ4v) is 2.83. The van der Waals surface area contributed by atoms with Crippen molar-refractivity contribution in [1.82, 2.24) is 10.6 Å². The van der Waals surface area contributed by atoms with Crippen molar-refractivity contribution in [1.29, 1.82) is 0 Å². The van der Waals surface area contributed by atoms with E-state index < -0.39 is 24.7 Å². The third-order valence-corrected chi connectivity index (χ3v) is 4.88. The Balaban J connectivity index is 1.76. The van der Waals surface area contributed by atoms with Crippen LogP contribution in [0.25, 0.3) is 0 Å². The van der Waals surface area contributed by atoms with Gasteiger partial charge in [0.1, 0.15) is 12.6 Å². The molecule has 2 N–H and O–H groups in total. The van der Waals surface area contributed by atoms with E-state index in [4.69, 9.17) is 9.47 Å². The van der Waals surface area contributed by atoms with Gasteiger partial charge >= 0.3 is 12.1 Å². The molecule has 0 fully saturated rings. The number of nitrogens with one attached hydrogen (secondary N) is 2. The zero-order valence-electron chi connectivity index (χ0n) is 18.0. The Bertz CT molecular complexity index is 826. The van der Waals surface area contributed by atoms with Crippen molar-refractivity contribution in [3.8, 4) is 0 Å². The molecule has 0 bridgehead atoms. The van der Waals surface area contributed by atoms with Crippen LogP contribution in [0, 0.1) is 5.92 Å². The van der Waals surface area contributed by atoms with Gasteiger partial charge in [0.25, 0.3) is 5.91 Å². The van der Waals surface area contributed by atoms with Gasteiger partial charge in [0.2, 0.25) is 0 Å². The predicted octanol–water partition coefficient (Wildman–Crippen LogP) is 3.23. The number of alkyl carbamates (subject to hydrolysis) is 1. The topological polar surface area (TPSA) is 93.7 Å². The molecule has 2 aromatic rings. The molecule has 7 nitrogen and oxygen atoms in total. The lowest BCUT2D eigenvalue weighted by molar-refractivity contribution is -0.151. The van der Waals surface area contributed by atoms with E-state index in [0.717, 1.165) is 11.1 Å². The molecular formula is C24H30N2O5. The molecule has 166 valence electrons. The molecule has 2 aromatic carbocycles. The molecule has 0 unspecified atom stereocenters. The summed E-state index contributed by atoms with van der Waals surface area (Å²) < 4.78 is 10.3. The van der Waals surface area contributed by atoms with Crippen molar-refractivity contribution in [2.24, 2.45) is 5.92 Å². The van der Waals surface area contributed by atoms with E-state index in [1.165, 1.54) is 0 Å². The van der Waals surface area contributed by atoms with E-state index in [2.05, 4.69) is 10.6 Å².